The van der Waals surface area contributed by atoms with Crippen LogP contribution in [0.2, 0.25) is 0 Å². The fourth-order valence-electron chi connectivity index (χ4n) is 3.31. The van der Waals surface area contributed by atoms with Crippen LogP contribution in [0.3, 0.4) is 0 Å². The number of ether oxygens (including phenoxy) is 1. The molecule has 4 aromatic rings. The summed E-state index contributed by atoms with van der Waals surface area (Å²) in [5, 5.41) is 10.5. The van der Waals surface area contributed by atoms with Gasteiger partial charge in [-0.2, -0.15) is 22.0 Å². The van der Waals surface area contributed by atoms with Crippen LogP contribution in [0.5, 0.6) is 5.75 Å². The van der Waals surface area contributed by atoms with E-state index in [1.54, 1.807) is 48.5 Å². The van der Waals surface area contributed by atoms with Gasteiger partial charge >= 0.3 is 18.4 Å². The lowest BCUT2D eigenvalue weighted by molar-refractivity contribution is -0.360. The van der Waals surface area contributed by atoms with Gasteiger partial charge in [0.1, 0.15) is 5.75 Å². The summed E-state index contributed by atoms with van der Waals surface area (Å²) in [6.07, 6.45) is -12.1. The monoisotopic (exact) mass is 509 g/mol. The number of carboxylic acid groups (broad SMARTS) is 1. The second-order valence-corrected chi connectivity index (χ2v) is 8.12. The Kier molecular flexibility index (Phi) is 7.44. The first kappa shape index (κ1) is 26.1. The molecule has 0 aromatic heterocycles. The zero-order chi connectivity index (χ0) is 26.0. The molecule has 0 fully saturated rings. The number of rotatable bonds is 3. The third-order valence-electron chi connectivity index (χ3n) is 5.00. The minimum absolute atomic E-state index is 0.133. The number of hydrogen-bond donors (Lipinski definition) is 2. The van der Waals surface area contributed by atoms with E-state index in [1.807, 2.05) is 12.1 Å². The van der Waals surface area contributed by atoms with Crippen molar-refractivity contribution in [2.45, 2.75) is 17.2 Å². The summed E-state index contributed by atoms with van der Waals surface area (Å²) >= 11 is 4.46. The zero-order valence-corrected chi connectivity index (χ0v) is 19.4. The normalized spacial score (nSPS) is 11.7. The van der Waals surface area contributed by atoms with E-state index in [1.165, 1.54) is 20.2 Å². The smallest absolute Gasteiger partial charge is 0.465 e. The number of fused-ring (bicyclic) bond motifs is 2. The molecule has 0 saturated heterocycles. The number of halogens is 5. The summed E-state index contributed by atoms with van der Waals surface area (Å²) < 4.78 is 70.2. The number of carbonyl (C=O) groups is 1. The fraction of sp³-hybridized carbons (Fsp3) is 0.160. The molecule has 0 saturated carbocycles. The lowest BCUT2D eigenvalue weighted by Crippen LogP contribution is -2.42. The quantitative estimate of drug-likeness (QED) is 0.220. The maximum absolute atomic E-state index is 13.8. The van der Waals surface area contributed by atoms with E-state index in [2.05, 4.69) is 17.4 Å². The van der Waals surface area contributed by atoms with E-state index >= 15 is 0 Å². The van der Waals surface area contributed by atoms with Crippen LogP contribution < -0.4 is 4.74 Å². The maximum atomic E-state index is 13.8. The molecular weight excluding hydrogens is 489 g/mol. The number of alkyl halides is 5. The number of nitrogens with zero attached hydrogens (tertiary/aromatic N) is 1. The highest BCUT2D eigenvalue weighted by Gasteiger charge is 2.61. The predicted molar refractivity (Wildman–Crippen MR) is 127 cm³/mol. The van der Waals surface area contributed by atoms with E-state index in [0.717, 1.165) is 16.4 Å². The van der Waals surface area contributed by atoms with Crippen LogP contribution in [0, 0.1) is 0 Å². The average Bonchev–Trinajstić information content (AvgIpc) is 2.79. The molecule has 35 heavy (non-hydrogen) atoms. The third-order valence-corrected chi connectivity index (χ3v) is 5.37. The Balaban J connectivity index is 0.000000509. The Hall–Kier alpha value is -3.53. The minimum Gasteiger partial charge on any atom is -0.465 e. The van der Waals surface area contributed by atoms with Gasteiger partial charge in [0.2, 0.25) is 0 Å². The van der Waals surface area contributed by atoms with Crippen LogP contribution in [0.4, 0.5) is 26.7 Å². The van der Waals surface area contributed by atoms with Crippen LogP contribution in [-0.2, 0) is 0 Å². The zero-order valence-electron chi connectivity index (χ0n) is 18.5. The Morgan fingerprint density at radius 2 is 1.26 bits per heavy atom. The molecule has 0 bridgehead atoms. The summed E-state index contributed by atoms with van der Waals surface area (Å²) in [6.45, 7) is 0. The molecular formula is C25H20F5NO3S. The second-order valence-electron chi connectivity index (χ2n) is 7.63. The second kappa shape index (κ2) is 9.99. The van der Waals surface area contributed by atoms with Gasteiger partial charge in [-0.25, -0.2) is 4.79 Å². The Morgan fingerprint density at radius 1 is 0.800 bits per heavy atom. The van der Waals surface area contributed by atoms with Crippen molar-refractivity contribution in [2.75, 3.05) is 14.1 Å². The first-order chi connectivity index (χ1) is 16.3. The molecule has 10 heteroatoms. The van der Waals surface area contributed by atoms with Gasteiger partial charge in [-0.3, -0.25) is 0 Å². The first-order valence-electron chi connectivity index (χ1n) is 10.1. The molecule has 184 valence electrons. The van der Waals surface area contributed by atoms with E-state index in [9.17, 15) is 26.7 Å². The molecule has 0 atom stereocenters. The topological polar surface area (TPSA) is 49.8 Å². The van der Waals surface area contributed by atoms with E-state index in [0.29, 0.717) is 26.6 Å². The summed E-state index contributed by atoms with van der Waals surface area (Å²) in [6, 6.07) is 20.0. The third kappa shape index (κ3) is 5.59. The Morgan fingerprint density at radius 3 is 1.74 bits per heavy atom. The maximum Gasteiger partial charge on any atom is 0.499 e. The average molecular weight is 509 g/mol. The van der Waals surface area contributed by atoms with E-state index < -0.39 is 24.1 Å². The lowest BCUT2D eigenvalue weighted by Gasteiger charge is -2.23. The van der Waals surface area contributed by atoms with Crippen LogP contribution >= 0.6 is 12.6 Å². The molecule has 0 radical (unpaired) electrons. The molecule has 0 heterocycles. The highest BCUT2D eigenvalue weighted by molar-refractivity contribution is 7.80. The van der Waals surface area contributed by atoms with Crippen molar-refractivity contribution in [2.24, 2.45) is 0 Å². The van der Waals surface area contributed by atoms with Crippen LogP contribution in [0.1, 0.15) is 0 Å². The highest BCUT2D eigenvalue weighted by Crippen LogP contribution is 2.46. The lowest BCUT2D eigenvalue weighted by atomic mass is 9.93. The summed E-state index contributed by atoms with van der Waals surface area (Å²) in [4.78, 5) is 11.1. The van der Waals surface area contributed by atoms with Gasteiger partial charge in [-0.05, 0) is 33.7 Å². The van der Waals surface area contributed by atoms with Gasteiger partial charge in [0.25, 0.3) is 0 Å². The highest BCUT2D eigenvalue weighted by atomic mass is 32.1. The predicted octanol–water partition coefficient (Wildman–Crippen LogP) is 7.71. The van der Waals surface area contributed by atoms with E-state index in [4.69, 9.17) is 5.11 Å². The molecule has 4 aromatic carbocycles. The molecule has 0 spiro atoms. The summed E-state index contributed by atoms with van der Waals surface area (Å²) in [5.41, 5.74) is 0.560. The molecule has 4 nitrogen and oxygen atoms in total. The largest absolute Gasteiger partial charge is 0.499 e. The minimum atomic E-state index is -5.85. The standard InChI is InChI=1S/C22H13F5OS.C3H7NO2/c23-21(24,25)22(26,27)28-17-11-9-13-5-1-3-7-15(13)19(17)20-16-8-4-2-6-14(16)10-12-18(20)29;1-4(2)3(5)6/h1-12,29H;1-2H3,(H,5,6). The molecule has 1 N–H and O–H groups in total. The summed E-state index contributed by atoms with van der Waals surface area (Å²) in [7, 11) is 2.95. The van der Waals surface area contributed by atoms with Crippen molar-refractivity contribution in [3.05, 3.63) is 72.8 Å². The fourth-order valence-corrected chi connectivity index (χ4v) is 3.62. The van der Waals surface area contributed by atoms with Gasteiger partial charge in [-0.1, -0.05) is 60.7 Å². The van der Waals surface area contributed by atoms with Crippen molar-refractivity contribution in [1.82, 2.24) is 4.90 Å². The number of hydrogen-bond acceptors (Lipinski definition) is 3. The van der Waals surface area contributed by atoms with Gasteiger partial charge in [-0.15, -0.1) is 12.6 Å². The number of amides is 1. The van der Waals surface area contributed by atoms with Crippen molar-refractivity contribution in [3.8, 4) is 16.9 Å². The molecule has 0 aliphatic carbocycles. The van der Waals surface area contributed by atoms with Crippen LogP contribution in [0.25, 0.3) is 32.7 Å². The molecule has 4 rings (SSSR count). The molecule has 0 unspecified atom stereocenters. The van der Waals surface area contributed by atoms with E-state index in [-0.39, 0.29) is 5.56 Å². The van der Waals surface area contributed by atoms with Crippen LogP contribution in [0.15, 0.2) is 77.7 Å². The first-order valence-corrected chi connectivity index (χ1v) is 10.5. The Labute approximate surface area is 202 Å². The van der Waals surface area contributed by atoms with Gasteiger partial charge in [0.15, 0.2) is 0 Å². The number of thiol groups is 1. The molecule has 0 aliphatic rings. The summed E-state index contributed by atoms with van der Waals surface area (Å²) in [5.74, 6) is -0.572. The van der Waals surface area contributed by atoms with Gasteiger partial charge in [0, 0.05) is 30.1 Å². The van der Waals surface area contributed by atoms with Gasteiger partial charge in [0.05, 0.1) is 0 Å². The Bertz CT molecular complexity index is 1370. The number of benzene rings is 4. The molecule has 1 amide bonds. The van der Waals surface area contributed by atoms with Crippen molar-refractivity contribution in [3.63, 3.8) is 0 Å². The van der Waals surface area contributed by atoms with Crippen molar-refractivity contribution >= 4 is 40.3 Å². The SMILES string of the molecule is CN(C)C(=O)O.FC(F)(F)C(F)(F)Oc1ccc2ccccc2c1-c1c(S)ccc2ccccc12. The van der Waals surface area contributed by atoms with Crippen molar-refractivity contribution in [1.29, 1.82) is 0 Å². The molecule has 0 aliphatic heterocycles. The van der Waals surface area contributed by atoms with Crippen molar-refractivity contribution < 1.29 is 36.6 Å². The van der Waals surface area contributed by atoms with Gasteiger partial charge < -0.3 is 14.7 Å². The van der Waals surface area contributed by atoms with Crippen LogP contribution in [-0.4, -0.2) is 42.5 Å².